The number of nitriles is 1. The number of hydrogen-bond donors (Lipinski definition) is 1. The van der Waals surface area contributed by atoms with Crippen LogP contribution in [0.15, 0.2) is 54.6 Å². The number of carbonyl (C=O) groups excluding carboxylic acids is 1. The highest BCUT2D eigenvalue weighted by atomic mass is 16.5. The summed E-state index contributed by atoms with van der Waals surface area (Å²) in [5.41, 5.74) is 1.71. The van der Waals surface area contributed by atoms with Gasteiger partial charge in [-0.3, -0.25) is 0 Å². The molecule has 2 amide bonds. The fraction of sp³-hybridized carbons (Fsp3) is 0.222. The molecule has 0 aromatic heterocycles. The molecule has 0 heterocycles. The van der Waals surface area contributed by atoms with Gasteiger partial charge < -0.3 is 15.0 Å². The number of ether oxygens (including phenoxy) is 1. The molecular formula is C18H19N3O2. The molecule has 2 rings (SSSR count). The van der Waals surface area contributed by atoms with Crippen LogP contribution in [0.25, 0.3) is 0 Å². The molecule has 0 saturated carbocycles. The highest BCUT2D eigenvalue weighted by molar-refractivity contribution is 5.89. The largest absolute Gasteiger partial charge is 0.497 e. The molecule has 0 fully saturated rings. The number of amides is 2. The van der Waals surface area contributed by atoms with Crippen molar-refractivity contribution in [1.82, 2.24) is 4.90 Å². The number of rotatable bonds is 6. The number of carbonyl (C=O) groups is 1. The van der Waals surface area contributed by atoms with Gasteiger partial charge in [-0.2, -0.15) is 5.26 Å². The summed E-state index contributed by atoms with van der Waals surface area (Å²) in [6, 6.07) is 18.7. The molecule has 118 valence electrons. The van der Waals surface area contributed by atoms with Gasteiger partial charge >= 0.3 is 6.03 Å². The third-order valence-electron chi connectivity index (χ3n) is 3.34. The summed E-state index contributed by atoms with van der Waals surface area (Å²) in [6.07, 6.45) is 0.295. The van der Waals surface area contributed by atoms with Crippen LogP contribution in [0.3, 0.4) is 0 Å². The summed E-state index contributed by atoms with van der Waals surface area (Å²) in [5, 5.41) is 11.6. The van der Waals surface area contributed by atoms with E-state index in [9.17, 15) is 4.79 Å². The lowest BCUT2D eigenvalue weighted by molar-refractivity contribution is 0.210. The minimum atomic E-state index is -0.228. The number of benzene rings is 2. The first-order valence-corrected chi connectivity index (χ1v) is 7.34. The second kappa shape index (κ2) is 8.44. The lowest BCUT2D eigenvalue weighted by Crippen LogP contribution is -2.35. The van der Waals surface area contributed by atoms with Crippen LogP contribution in [0.5, 0.6) is 5.75 Å². The molecule has 0 saturated heterocycles. The molecule has 2 aromatic rings. The minimum Gasteiger partial charge on any atom is -0.497 e. The summed E-state index contributed by atoms with van der Waals surface area (Å²) in [4.78, 5) is 14.1. The average molecular weight is 309 g/mol. The van der Waals surface area contributed by atoms with Crippen LogP contribution >= 0.6 is 0 Å². The number of methoxy groups -OCH3 is 1. The van der Waals surface area contributed by atoms with Gasteiger partial charge in [-0.15, -0.1) is 0 Å². The van der Waals surface area contributed by atoms with Crippen LogP contribution in [0.1, 0.15) is 12.0 Å². The topological polar surface area (TPSA) is 65.4 Å². The Bertz CT molecular complexity index is 663. The smallest absolute Gasteiger partial charge is 0.322 e. The van der Waals surface area contributed by atoms with Crippen LogP contribution in [-0.4, -0.2) is 24.6 Å². The third-order valence-corrected chi connectivity index (χ3v) is 3.34. The Hall–Kier alpha value is -3.00. The van der Waals surface area contributed by atoms with Gasteiger partial charge in [-0.25, -0.2) is 4.79 Å². The van der Waals surface area contributed by atoms with E-state index in [0.717, 1.165) is 11.3 Å². The first-order valence-electron chi connectivity index (χ1n) is 7.34. The van der Waals surface area contributed by atoms with Crippen molar-refractivity contribution in [3.05, 3.63) is 60.2 Å². The molecule has 0 aliphatic rings. The maximum absolute atomic E-state index is 12.5. The predicted octanol–water partition coefficient (Wildman–Crippen LogP) is 3.64. The summed E-state index contributed by atoms with van der Waals surface area (Å²) >= 11 is 0. The second-order valence-electron chi connectivity index (χ2n) is 4.97. The number of anilines is 1. The van der Waals surface area contributed by atoms with Gasteiger partial charge in [0.25, 0.3) is 0 Å². The summed E-state index contributed by atoms with van der Waals surface area (Å²) in [6.45, 7) is 0.845. The molecule has 0 bridgehead atoms. The van der Waals surface area contributed by atoms with Crippen LogP contribution in [0, 0.1) is 11.3 Å². The van der Waals surface area contributed by atoms with E-state index in [0.29, 0.717) is 25.2 Å². The molecule has 5 heteroatoms. The van der Waals surface area contributed by atoms with E-state index >= 15 is 0 Å². The van der Waals surface area contributed by atoms with Crippen molar-refractivity contribution in [3.8, 4) is 11.8 Å². The Morgan fingerprint density at radius 1 is 1.17 bits per heavy atom. The molecule has 5 nitrogen and oxygen atoms in total. The van der Waals surface area contributed by atoms with Gasteiger partial charge in [0, 0.05) is 18.8 Å². The Kier molecular flexibility index (Phi) is 6.01. The van der Waals surface area contributed by atoms with Crippen LogP contribution < -0.4 is 10.1 Å². The van der Waals surface area contributed by atoms with E-state index in [2.05, 4.69) is 11.4 Å². The lowest BCUT2D eigenvalue weighted by atomic mass is 10.2. The maximum Gasteiger partial charge on any atom is 0.322 e. The Labute approximate surface area is 136 Å². The zero-order valence-electron chi connectivity index (χ0n) is 13.0. The Morgan fingerprint density at radius 3 is 2.48 bits per heavy atom. The molecule has 0 aliphatic carbocycles. The molecule has 23 heavy (non-hydrogen) atoms. The lowest BCUT2D eigenvalue weighted by Gasteiger charge is -2.22. The molecule has 1 N–H and O–H groups in total. The molecular weight excluding hydrogens is 290 g/mol. The van der Waals surface area contributed by atoms with Crippen LogP contribution in [0.2, 0.25) is 0 Å². The molecule has 0 atom stereocenters. The van der Waals surface area contributed by atoms with Gasteiger partial charge in [-0.05, 0) is 29.8 Å². The minimum absolute atomic E-state index is 0.228. The van der Waals surface area contributed by atoms with Crippen molar-refractivity contribution in [2.24, 2.45) is 0 Å². The number of hydrogen-bond acceptors (Lipinski definition) is 3. The summed E-state index contributed by atoms with van der Waals surface area (Å²) in [7, 11) is 1.59. The first-order chi connectivity index (χ1) is 11.2. The van der Waals surface area contributed by atoms with Crippen molar-refractivity contribution in [3.63, 3.8) is 0 Å². The summed E-state index contributed by atoms with van der Waals surface area (Å²) in [5.74, 6) is 0.730. The van der Waals surface area contributed by atoms with E-state index in [1.807, 2.05) is 30.3 Å². The SMILES string of the molecule is COc1ccc(NC(=O)N(CCC#N)Cc2ccccc2)cc1. The Morgan fingerprint density at radius 2 is 1.87 bits per heavy atom. The number of urea groups is 1. The highest BCUT2D eigenvalue weighted by Crippen LogP contribution is 2.16. The predicted molar refractivity (Wildman–Crippen MR) is 89.1 cm³/mol. The second-order valence-corrected chi connectivity index (χ2v) is 4.97. The van der Waals surface area contributed by atoms with Crippen molar-refractivity contribution in [2.75, 3.05) is 19.0 Å². The van der Waals surface area contributed by atoms with E-state index in [-0.39, 0.29) is 6.03 Å². The van der Waals surface area contributed by atoms with Gasteiger partial charge in [-0.1, -0.05) is 30.3 Å². The molecule has 0 spiro atoms. The van der Waals surface area contributed by atoms with Crippen molar-refractivity contribution in [2.45, 2.75) is 13.0 Å². The average Bonchev–Trinajstić information content (AvgIpc) is 2.60. The maximum atomic E-state index is 12.5. The van der Waals surface area contributed by atoms with E-state index in [4.69, 9.17) is 10.00 Å². The molecule has 2 aromatic carbocycles. The van der Waals surface area contributed by atoms with Gasteiger partial charge in [0.1, 0.15) is 5.75 Å². The highest BCUT2D eigenvalue weighted by Gasteiger charge is 2.14. The standard InChI is InChI=1S/C18H19N3O2/c1-23-17-10-8-16(9-11-17)20-18(22)21(13-5-12-19)14-15-6-3-2-4-7-15/h2-4,6-11H,5,13-14H2,1H3,(H,20,22). The van der Waals surface area contributed by atoms with Crippen LogP contribution in [-0.2, 0) is 6.54 Å². The zero-order valence-corrected chi connectivity index (χ0v) is 13.0. The zero-order chi connectivity index (χ0) is 16.5. The van der Waals surface area contributed by atoms with Gasteiger partial charge in [0.05, 0.1) is 19.6 Å². The monoisotopic (exact) mass is 309 g/mol. The third kappa shape index (κ3) is 5.04. The fourth-order valence-corrected chi connectivity index (χ4v) is 2.12. The van der Waals surface area contributed by atoms with Gasteiger partial charge in [0.15, 0.2) is 0 Å². The van der Waals surface area contributed by atoms with Crippen molar-refractivity contribution < 1.29 is 9.53 Å². The fourth-order valence-electron chi connectivity index (χ4n) is 2.12. The van der Waals surface area contributed by atoms with E-state index in [1.54, 1.807) is 36.3 Å². The molecule has 0 radical (unpaired) electrons. The molecule has 0 unspecified atom stereocenters. The van der Waals surface area contributed by atoms with Crippen molar-refractivity contribution in [1.29, 1.82) is 5.26 Å². The number of nitrogens with zero attached hydrogens (tertiary/aromatic N) is 2. The van der Waals surface area contributed by atoms with E-state index < -0.39 is 0 Å². The first kappa shape index (κ1) is 16.4. The van der Waals surface area contributed by atoms with Gasteiger partial charge in [0.2, 0.25) is 0 Å². The van der Waals surface area contributed by atoms with E-state index in [1.165, 1.54) is 0 Å². The van der Waals surface area contributed by atoms with Crippen molar-refractivity contribution >= 4 is 11.7 Å². The Balaban J connectivity index is 2.04. The normalized spacial score (nSPS) is 9.74. The summed E-state index contributed by atoms with van der Waals surface area (Å²) < 4.78 is 5.09. The molecule has 0 aliphatic heterocycles. The quantitative estimate of drug-likeness (QED) is 0.886. The van der Waals surface area contributed by atoms with Crippen LogP contribution in [0.4, 0.5) is 10.5 Å². The number of nitrogens with one attached hydrogen (secondary N) is 1.